The molecule has 0 amide bonds. The predicted molar refractivity (Wildman–Crippen MR) is 75.3 cm³/mol. The van der Waals surface area contributed by atoms with Crippen molar-refractivity contribution in [3.63, 3.8) is 0 Å². The normalized spacial score (nSPS) is 13.3. The molecule has 1 unspecified atom stereocenters. The molecule has 0 aliphatic heterocycles. The minimum absolute atomic E-state index is 0.0339. The topological polar surface area (TPSA) is 52.6 Å². The van der Waals surface area contributed by atoms with Crippen LogP contribution in [0.15, 0.2) is 24.3 Å². The van der Waals surface area contributed by atoms with Crippen molar-refractivity contribution in [3.05, 3.63) is 24.3 Å². The van der Waals surface area contributed by atoms with E-state index in [0.29, 0.717) is 0 Å². The van der Waals surface area contributed by atoms with Crippen LogP contribution in [-0.2, 0) is 19.1 Å². The highest BCUT2D eigenvalue weighted by molar-refractivity contribution is 5.87. The zero-order valence-electron chi connectivity index (χ0n) is 13.6. The van der Waals surface area contributed by atoms with E-state index < -0.39 is 55.8 Å². The second kappa shape index (κ2) is 8.91. The maximum absolute atomic E-state index is 12.5. The largest absolute Gasteiger partial charge is 0.458 e. The van der Waals surface area contributed by atoms with Crippen molar-refractivity contribution < 1.29 is 45.4 Å². The third-order valence-electron chi connectivity index (χ3n) is 2.94. The summed E-state index contributed by atoms with van der Waals surface area (Å²) in [7, 11) is 0. The molecule has 0 aromatic carbocycles. The molecule has 0 aromatic heterocycles. The third-order valence-corrected chi connectivity index (χ3v) is 2.94. The zero-order chi connectivity index (χ0) is 20.0. The fraction of sp³-hybridized carbons (Fsp3) is 0.600. The molecule has 144 valence electrons. The first kappa shape index (κ1) is 23.0. The van der Waals surface area contributed by atoms with Gasteiger partial charge in [-0.2, -0.15) is 26.3 Å². The van der Waals surface area contributed by atoms with Crippen molar-refractivity contribution in [1.29, 1.82) is 0 Å². The van der Waals surface area contributed by atoms with Crippen LogP contribution >= 0.6 is 0 Å². The molecular weight excluding hydrogens is 358 g/mol. The summed E-state index contributed by atoms with van der Waals surface area (Å²) in [5.74, 6) is -5.52. The molecule has 1 atom stereocenters. The molecule has 0 aromatic rings. The van der Waals surface area contributed by atoms with E-state index >= 15 is 0 Å². The van der Waals surface area contributed by atoms with Gasteiger partial charge in [-0.05, 0) is 26.7 Å². The van der Waals surface area contributed by atoms with E-state index in [2.05, 4.69) is 17.9 Å². The summed E-state index contributed by atoms with van der Waals surface area (Å²) in [5.41, 5.74) is -0.146. The van der Waals surface area contributed by atoms with E-state index in [-0.39, 0.29) is 11.1 Å². The van der Waals surface area contributed by atoms with E-state index in [1.807, 2.05) is 0 Å². The molecule has 0 heterocycles. The van der Waals surface area contributed by atoms with Crippen LogP contribution < -0.4 is 0 Å². The monoisotopic (exact) mass is 376 g/mol. The van der Waals surface area contributed by atoms with Gasteiger partial charge in [0.25, 0.3) is 0 Å². The first-order valence-corrected chi connectivity index (χ1v) is 6.98. The van der Waals surface area contributed by atoms with E-state index in [9.17, 15) is 35.9 Å². The molecule has 0 fully saturated rings. The SMILES string of the molecule is C=C(C)C(=O)OCC(CCC(C(F)(F)F)C(F)(F)F)OC(=O)C(=C)C. The Labute approximate surface area is 140 Å². The third kappa shape index (κ3) is 8.59. The van der Waals surface area contributed by atoms with Gasteiger partial charge in [-0.3, -0.25) is 0 Å². The molecule has 0 saturated carbocycles. The minimum Gasteiger partial charge on any atom is -0.458 e. The van der Waals surface area contributed by atoms with Crippen molar-refractivity contribution in [1.82, 2.24) is 0 Å². The molecule has 4 nitrogen and oxygen atoms in total. The molecule has 0 rings (SSSR count). The Balaban J connectivity index is 5.07. The number of alkyl halides is 6. The first-order valence-electron chi connectivity index (χ1n) is 6.98. The van der Waals surface area contributed by atoms with Crippen LogP contribution in [0.1, 0.15) is 26.7 Å². The van der Waals surface area contributed by atoms with E-state index in [1.165, 1.54) is 13.8 Å². The summed E-state index contributed by atoms with van der Waals surface area (Å²) in [5, 5.41) is 0. The van der Waals surface area contributed by atoms with Gasteiger partial charge >= 0.3 is 24.3 Å². The highest BCUT2D eigenvalue weighted by atomic mass is 19.4. The van der Waals surface area contributed by atoms with Gasteiger partial charge in [0.2, 0.25) is 0 Å². The summed E-state index contributed by atoms with van der Waals surface area (Å²) in [6, 6.07) is 0. The van der Waals surface area contributed by atoms with Gasteiger partial charge in [-0.25, -0.2) is 9.59 Å². The molecule has 0 bridgehead atoms. The lowest BCUT2D eigenvalue weighted by Gasteiger charge is -2.25. The second-order valence-electron chi connectivity index (χ2n) is 5.40. The van der Waals surface area contributed by atoms with Gasteiger partial charge < -0.3 is 9.47 Å². The lowest BCUT2D eigenvalue weighted by molar-refractivity contribution is -0.286. The van der Waals surface area contributed by atoms with Crippen LogP contribution in [0.25, 0.3) is 0 Å². The number of carbonyl (C=O) groups excluding carboxylic acids is 2. The Morgan fingerprint density at radius 3 is 1.68 bits per heavy atom. The van der Waals surface area contributed by atoms with Crippen molar-refractivity contribution >= 4 is 11.9 Å². The van der Waals surface area contributed by atoms with Crippen molar-refractivity contribution in [3.8, 4) is 0 Å². The van der Waals surface area contributed by atoms with Crippen molar-refractivity contribution in [2.45, 2.75) is 45.1 Å². The van der Waals surface area contributed by atoms with Crippen molar-refractivity contribution in [2.24, 2.45) is 5.92 Å². The molecule has 0 aliphatic carbocycles. The Morgan fingerprint density at radius 1 is 0.880 bits per heavy atom. The maximum atomic E-state index is 12.5. The summed E-state index contributed by atoms with van der Waals surface area (Å²) in [6.45, 7) is 8.35. The van der Waals surface area contributed by atoms with Gasteiger partial charge in [-0.1, -0.05) is 13.2 Å². The van der Waals surface area contributed by atoms with Gasteiger partial charge in [-0.15, -0.1) is 0 Å². The van der Waals surface area contributed by atoms with Crippen LogP contribution in [0.4, 0.5) is 26.3 Å². The number of hydrogen-bond donors (Lipinski definition) is 0. The molecule has 0 radical (unpaired) electrons. The Hall–Kier alpha value is -2.00. The molecule has 0 spiro atoms. The van der Waals surface area contributed by atoms with Crippen LogP contribution in [0.2, 0.25) is 0 Å². The lowest BCUT2D eigenvalue weighted by Crippen LogP contribution is -2.37. The number of esters is 2. The summed E-state index contributed by atoms with van der Waals surface area (Å²) < 4.78 is 84.6. The lowest BCUT2D eigenvalue weighted by atomic mass is 9.99. The van der Waals surface area contributed by atoms with Gasteiger partial charge in [0.15, 0.2) is 5.92 Å². The molecule has 0 saturated heterocycles. The Bertz CT molecular complexity index is 507. The summed E-state index contributed by atoms with van der Waals surface area (Å²) >= 11 is 0. The number of halogens is 6. The predicted octanol–water partition coefficient (Wildman–Crippen LogP) is 4.11. The second-order valence-corrected chi connectivity index (χ2v) is 5.40. The van der Waals surface area contributed by atoms with E-state index in [0.717, 1.165) is 0 Å². The van der Waals surface area contributed by atoms with E-state index in [4.69, 9.17) is 4.74 Å². The maximum Gasteiger partial charge on any atom is 0.400 e. The average Bonchev–Trinajstić information content (AvgIpc) is 2.40. The molecule has 0 N–H and O–H groups in total. The minimum atomic E-state index is -5.50. The molecular formula is C15H18F6O4. The average molecular weight is 376 g/mol. The zero-order valence-corrected chi connectivity index (χ0v) is 13.6. The van der Waals surface area contributed by atoms with Gasteiger partial charge in [0, 0.05) is 11.1 Å². The van der Waals surface area contributed by atoms with Crippen LogP contribution in [0.5, 0.6) is 0 Å². The number of rotatable bonds is 8. The van der Waals surface area contributed by atoms with Crippen molar-refractivity contribution in [2.75, 3.05) is 6.61 Å². The fourth-order valence-corrected chi connectivity index (χ4v) is 1.59. The summed E-state index contributed by atoms with van der Waals surface area (Å²) in [4.78, 5) is 22.7. The molecule has 25 heavy (non-hydrogen) atoms. The van der Waals surface area contributed by atoms with Crippen LogP contribution in [0, 0.1) is 5.92 Å². The number of carbonyl (C=O) groups is 2. The quantitative estimate of drug-likeness (QED) is 0.363. The molecule has 0 aliphatic rings. The van der Waals surface area contributed by atoms with Gasteiger partial charge in [0.05, 0.1) is 0 Å². The van der Waals surface area contributed by atoms with Crippen LogP contribution in [-0.4, -0.2) is 37.0 Å². The highest BCUT2D eigenvalue weighted by Crippen LogP contribution is 2.42. The van der Waals surface area contributed by atoms with Gasteiger partial charge in [0.1, 0.15) is 12.7 Å². The Morgan fingerprint density at radius 2 is 1.32 bits per heavy atom. The Kier molecular flexibility index (Phi) is 8.20. The fourth-order valence-electron chi connectivity index (χ4n) is 1.59. The highest BCUT2D eigenvalue weighted by Gasteiger charge is 2.56. The first-order chi connectivity index (χ1) is 11.2. The smallest absolute Gasteiger partial charge is 0.400 e. The summed E-state index contributed by atoms with van der Waals surface area (Å²) in [6.07, 6.45) is -14.7. The van der Waals surface area contributed by atoms with E-state index in [1.54, 1.807) is 0 Å². The number of hydrogen-bond acceptors (Lipinski definition) is 4. The molecule has 10 heteroatoms. The standard InChI is InChI=1S/C15H18F6O4/c1-8(2)12(22)24-7-10(25-13(23)9(3)4)5-6-11(14(16,17)18)15(19,20)21/h10-11H,1,3,5-7H2,2,4H3. The number of ether oxygens (including phenoxy) is 2. The van der Waals surface area contributed by atoms with Crippen LogP contribution in [0.3, 0.4) is 0 Å².